The Balaban J connectivity index is 2.16. The number of thioether (sulfide) groups is 1. The van der Waals surface area contributed by atoms with Crippen molar-refractivity contribution >= 4 is 34.9 Å². The van der Waals surface area contributed by atoms with Gasteiger partial charge in [0, 0.05) is 10.6 Å². The molecule has 0 bridgehead atoms. The summed E-state index contributed by atoms with van der Waals surface area (Å²) in [5, 5.41) is 11.2. The van der Waals surface area contributed by atoms with Crippen LogP contribution in [0.5, 0.6) is 0 Å². The molecule has 0 amide bonds. The fourth-order valence-electron chi connectivity index (χ4n) is 1.23. The average molecular weight is 252 g/mol. The molecule has 82 valence electrons. The van der Waals surface area contributed by atoms with Crippen LogP contribution in [0.15, 0.2) is 41.3 Å². The molecule has 0 saturated carbocycles. The first-order valence-corrected chi connectivity index (χ1v) is 6.28. The van der Waals surface area contributed by atoms with Gasteiger partial charge in [-0.2, -0.15) is 0 Å². The quantitative estimate of drug-likeness (QED) is 0.846. The first kappa shape index (κ1) is 11.2. The fourth-order valence-corrected chi connectivity index (χ4v) is 1.79. The summed E-state index contributed by atoms with van der Waals surface area (Å²) in [6, 6.07) is 11.6. The molecule has 1 heterocycles. The van der Waals surface area contributed by atoms with Gasteiger partial charge in [-0.05, 0) is 36.6 Å². The Morgan fingerprint density at radius 2 is 2.06 bits per heavy atom. The van der Waals surface area contributed by atoms with Crippen molar-refractivity contribution in [1.82, 2.24) is 10.2 Å². The predicted octanol–water partition coefficient (Wildman–Crippen LogP) is 3.60. The molecule has 0 saturated heterocycles. The Hall–Kier alpha value is -1.26. The van der Waals surface area contributed by atoms with E-state index in [0.717, 1.165) is 5.69 Å². The Kier molecular flexibility index (Phi) is 3.64. The number of rotatable bonds is 3. The molecular weight excluding hydrogens is 242 g/mol. The highest BCUT2D eigenvalue weighted by molar-refractivity contribution is 7.98. The summed E-state index contributed by atoms with van der Waals surface area (Å²) in [4.78, 5) is 1.20. The van der Waals surface area contributed by atoms with Crippen molar-refractivity contribution in [3.8, 4) is 0 Å². The van der Waals surface area contributed by atoms with Gasteiger partial charge in [0.1, 0.15) is 0 Å². The van der Waals surface area contributed by atoms with E-state index >= 15 is 0 Å². The van der Waals surface area contributed by atoms with Crippen LogP contribution in [0.1, 0.15) is 0 Å². The van der Waals surface area contributed by atoms with E-state index in [9.17, 15) is 0 Å². The van der Waals surface area contributed by atoms with E-state index in [1.807, 2.05) is 18.4 Å². The summed E-state index contributed by atoms with van der Waals surface area (Å²) in [6.45, 7) is 0. The molecule has 16 heavy (non-hydrogen) atoms. The third-order valence-electron chi connectivity index (χ3n) is 1.97. The van der Waals surface area contributed by atoms with Crippen LogP contribution in [0.25, 0.3) is 0 Å². The molecule has 1 aromatic heterocycles. The maximum Gasteiger partial charge on any atom is 0.153 e. The van der Waals surface area contributed by atoms with Crippen molar-refractivity contribution in [2.24, 2.45) is 0 Å². The van der Waals surface area contributed by atoms with Crippen LogP contribution in [0.3, 0.4) is 0 Å². The average Bonchev–Trinajstić information content (AvgIpc) is 2.32. The summed E-state index contributed by atoms with van der Waals surface area (Å²) in [5.41, 5.74) is 0.989. The molecule has 3 nitrogen and oxygen atoms in total. The molecule has 0 radical (unpaired) electrons. The number of hydrogen-bond acceptors (Lipinski definition) is 4. The van der Waals surface area contributed by atoms with E-state index in [1.54, 1.807) is 23.9 Å². The molecule has 2 aromatic rings. The Bertz CT molecular complexity index is 473. The fraction of sp³-hybridized carbons (Fsp3) is 0.0909. The topological polar surface area (TPSA) is 37.8 Å². The summed E-state index contributed by atoms with van der Waals surface area (Å²) in [5.74, 6) is 0.683. The number of aromatic nitrogens is 2. The molecule has 0 atom stereocenters. The van der Waals surface area contributed by atoms with Crippen molar-refractivity contribution < 1.29 is 0 Å². The lowest BCUT2D eigenvalue weighted by molar-refractivity contribution is 1.04. The van der Waals surface area contributed by atoms with Crippen LogP contribution < -0.4 is 5.32 Å². The number of benzene rings is 1. The first-order chi connectivity index (χ1) is 7.78. The summed E-state index contributed by atoms with van der Waals surface area (Å²) >= 11 is 7.36. The molecule has 0 aliphatic rings. The molecule has 0 aliphatic heterocycles. The second-order valence-electron chi connectivity index (χ2n) is 3.10. The predicted molar refractivity (Wildman–Crippen MR) is 68.5 cm³/mol. The molecule has 1 aromatic carbocycles. The highest BCUT2D eigenvalue weighted by atomic mass is 35.5. The van der Waals surface area contributed by atoms with Gasteiger partial charge in [0.25, 0.3) is 0 Å². The molecular formula is C11H10ClN3S. The van der Waals surface area contributed by atoms with Crippen molar-refractivity contribution in [2.75, 3.05) is 11.6 Å². The number of nitrogens with zero attached hydrogens (tertiary/aromatic N) is 2. The minimum atomic E-state index is 0.392. The molecule has 1 N–H and O–H groups in total. The molecule has 0 fully saturated rings. The van der Waals surface area contributed by atoms with Gasteiger partial charge in [-0.1, -0.05) is 17.7 Å². The number of hydrogen-bond donors (Lipinski definition) is 1. The lowest BCUT2D eigenvalue weighted by Crippen LogP contribution is -1.94. The van der Waals surface area contributed by atoms with Crippen molar-refractivity contribution in [3.05, 3.63) is 41.6 Å². The normalized spacial score (nSPS) is 10.1. The van der Waals surface area contributed by atoms with Crippen molar-refractivity contribution in [3.63, 3.8) is 0 Å². The van der Waals surface area contributed by atoms with E-state index in [2.05, 4.69) is 27.6 Å². The van der Waals surface area contributed by atoms with E-state index in [-0.39, 0.29) is 0 Å². The van der Waals surface area contributed by atoms with E-state index in [4.69, 9.17) is 11.6 Å². The third kappa shape index (κ3) is 2.87. The zero-order valence-corrected chi connectivity index (χ0v) is 10.2. The van der Waals surface area contributed by atoms with Gasteiger partial charge < -0.3 is 5.32 Å². The van der Waals surface area contributed by atoms with Gasteiger partial charge in [-0.25, -0.2) is 0 Å². The van der Waals surface area contributed by atoms with Crippen molar-refractivity contribution in [2.45, 2.75) is 4.90 Å². The van der Waals surface area contributed by atoms with Crippen molar-refractivity contribution in [1.29, 1.82) is 0 Å². The number of anilines is 2. The highest BCUT2D eigenvalue weighted by Gasteiger charge is 1.98. The van der Waals surface area contributed by atoms with E-state index in [0.29, 0.717) is 11.0 Å². The molecule has 0 aliphatic carbocycles. The largest absolute Gasteiger partial charge is 0.339 e. The lowest BCUT2D eigenvalue weighted by atomic mass is 10.3. The van der Waals surface area contributed by atoms with E-state index in [1.165, 1.54) is 4.90 Å². The highest BCUT2D eigenvalue weighted by Crippen LogP contribution is 2.21. The number of halogens is 1. The minimum absolute atomic E-state index is 0.392. The zero-order chi connectivity index (χ0) is 11.4. The molecule has 2 rings (SSSR count). The Morgan fingerprint density at radius 3 is 2.75 bits per heavy atom. The smallest absolute Gasteiger partial charge is 0.153 e. The maximum absolute atomic E-state index is 5.66. The first-order valence-electron chi connectivity index (χ1n) is 4.68. The Morgan fingerprint density at radius 1 is 1.19 bits per heavy atom. The van der Waals surface area contributed by atoms with Gasteiger partial charge in [0.15, 0.2) is 11.0 Å². The third-order valence-corrected chi connectivity index (χ3v) is 2.90. The summed E-state index contributed by atoms with van der Waals surface area (Å²) < 4.78 is 0. The molecule has 0 unspecified atom stereocenters. The molecule has 5 heteroatoms. The van der Waals surface area contributed by atoms with Gasteiger partial charge in [0.2, 0.25) is 0 Å². The standard InChI is InChI=1S/C11H10ClN3S/c1-16-9-4-2-3-8(7-9)13-11-6-5-10(12)14-15-11/h2-7H,1H3,(H,13,15). The summed E-state index contributed by atoms with van der Waals surface area (Å²) in [6.07, 6.45) is 2.04. The van der Waals surface area contributed by atoms with Crippen LogP contribution >= 0.6 is 23.4 Å². The maximum atomic E-state index is 5.66. The van der Waals surface area contributed by atoms with Gasteiger partial charge in [0.05, 0.1) is 0 Å². The molecule has 0 spiro atoms. The van der Waals surface area contributed by atoms with Crippen LogP contribution in [-0.4, -0.2) is 16.5 Å². The van der Waals surface area contributed by atoms with E-state index < -0.39 is 0 Å². The zero-order valence-electron chi connectivity index (χ0n) is 8.64. The lowest BCUT2D eigenvalue weighted by Gasteiger charge is -2.05. The van der Waals surface area contributed by atoms with Crippen LogP contribution in [-0.2, 0) is 0 Å². The monoisotopic (exact) mass is 251 g/mol. The Labute approximate surface area is 103 Å². The van der Waals surface area contributed by atoms with Gasteiger partial charge >= 0.3 is 0 Å². The SMILES string of the molecule is CSc1cccc(Nc2ccc(Cl)nn2)c1. The van der Waals surface area contributed by atoms with Crippen LogP contribution in [0, 0.1) is 0 Å². The second kappa shape index (κ2) is 5.18. The van der Waals surface area contributed by atoms with Gasteiger partial charge in [-0.15, -0.1) is 22.0 Å². The minimum Gasteiger partial charge on any atom is -0.339 e. The number of nitrogens with one attached hydrogen (secondary N) is 1. The second-order valence-corrected chi connectivity index (χ2v) is 4.37. The van der Waals surface area contributed by atoms with Crippen LogP contribution in [0.4, 0.5) is 11.5 Å². The van der Waals surface area contributed by atoms with Gasteiger partial charge in [-0.3, -0.25) is 0 Å². The van der Waals surface area contributed by atoms with Crippen LogP contribution in [0.2, 0.25) is 5.15 Å². The summed E-state index contributed by atoms with van der Waals surface area (Å²) in [7, 11) is 0.